The standard InChI is InChI=1S/C21H32N6O/c1-5-22-21(25-18-8-11-20-24-16(3)26-27(20)14-18)23-13-12-15(2)17-6-9-19(28-4)10-7-17/h6-7,9-10,15,18H,5,8,11-14H2,1-4H3,(H2,22,23,25). The van der Waals surface area contributed by atoms with Crippen molar-refractivity contribution in [2.45, 2.75) is 58.5 Å². The molecule has 1 aliphatic heterocycles. The second-order valence-corrected chi connectivity index (χ2v) is 7.36. The molecule has 0 saturated carbocycles. The molecule has 2 atom stereocenters. The van der Waals surface area contributed by atoms with E-state index in [9.17, 15) is 0 Å². The molecule has 0 aliphatic carbocycles. The van der Waals surface area contributed by atoms with Crippen molar-refractivity contribution in [1.29, 1.82) is 0 Å². The molecular weight excluding hydrogens is 352 g/mol. The van der Waals surface area contributed by atoms with Crippen LogP contribution in [-0.4, -0.2) is 47.0 Å². The number of aryl methyl sites for hydroxylation is 2. The number of hydrogen-bond donors (Lipinski definition) is 2. The number of methoxy groups -OCH3 is 1. The summed E-state index contributed by atoms with van der Waals surface area (Å²) in [5.74, 6) is 4.17. The van der Waals surface area contributed by atoms with Crippen LogP contribution in [0.5, 0.6) is 5.75 Å². The zero-order valence-electron chi connectivity index (χ0n) is 17.4. The third-order valence-corrected chi connectivity index (χ3v) is 5.17. The van der Waals surface area contributed by atoms with Gasteiger partial charge in [0.05, 0.1) is 13.7 Å². The number of rotatable bonds is 7. The van der Waals surface area contributed by atoms with E-state index < -0.39 is 0 Å². The lowest BCUT2D eigenvalue weighted by atomic mass is 9.98. The minimum Gasteiger partial charge on any atom is -0.497 e. The van der Waals surface area contributed by atoms with E-state index in [0.29, 0.717) is 12.0 Å². The van der Waals surface area contributed by atoms with Gasteiger partial charge in [0.25, 0.3) is 0 Å². The first-order valence-electron chi connectivity index (χ1n) is 10.2. The number of hydrogen-bond acceptors (Lipinski definition) is 4. The smallest absolute Gasteiger partial charge is 0.191 e. The lowest BCUT2D eigenvalue weighted by Gasteiger charge is -2.25. The first-order chi connectivity index (χ1) is 13.6. The van der Waals surface area contributed by atoms with Gasteiger partial charge in [-0.1, -0.05) is 19.1 Å². The number of benzene rings is 1. The van der Waals surface area contributed by atoms with Crippen LogP contribution in [-0.2, 0) is 13.0 Å². The van der Waals surface area contributed by atoms with Crippen molar-refractivity contribution < 1.29 is 4.74 Å². The van der Waals surface area contributed by atoms with Crippen molar-refractivity contribution in [2.24, 2.45) is 4.99 Å². The van der Waals surface area contributed by atoms with Gasteiger partial charge in [-0.25, -0.2) is 9.67 Å². The molecule has 7 nitrogen and oxygen atoms in total. The number of nitrogens with one attached hydrogen (secondary N) is 2. The molecule has 0 bridgehead atoms. The average molecular weight is 385 g/mol. The zero-order chi connectivity index (χ0) is 19.9. The Hall–Kier alpha value is -2.57. The van der Waals surface area contributed by atoms with E-state index in [4.69, 9.17) is 9.73 Å². The van der Waals surface area contributed by atoms with E-state index in [0.717, 1.165) is 62.3 Å². The van der Waals surface area contributed by atoms with Crippen molar-refractivity contribution in [1.82, 2.24) is 25.4 Å². The Labute approximate surface area is 167 Å². The highest BCUT2D eigenvalue weighted by Crippen LogP contribution is 2.21. The van der Waals surface area contributed by atoms with Crippen LogP contribution >= 0.6 is 0 Å². The summed E-state index contributed by atoms with van der Waals surface area (Å²) < 4.78 is 7.26. The summed E-state index contributed by atoms with van der Waals surface area (Å²) >= 11 is 0. The average Bonchev–Trinajstić information content (AvgIpc) is 3.07. The van der Waals surface area contributed by atoms with Gasteiger partial charge in [-0.3, -0.25) is 4.99 Å². The van der Waals surface area contributed by atoms with E-state index in [1.165, 1.54) is 5.56 Å². The van der Waals surface area contributed by atoms with E-state index in [-0.39, 0.29) is 0 Å². The molecule has 2 heterocycles. The minimum absolute atomic E-state index is 0.324. The molecule has 0 saturated heterocycles. The molecular formula is C21H32N6O. The number of nitrogens with zero attached hydrogens (tertiary/aromatic N) is 4. The van der Waals surface area contributed by atoms with Crippen LogP contribution in [0.25, 0.3) is 0 Å². The van der Waals surface area contributed by atoms with Crippen LogP contribution in [0.2, 0.25) is 0 Å². The highest BCUT2D eigenvalue weighted by atomic mass is 16.5. The fourth-order valence-electron chi connectivity index (χ4n) is 3.53. The van der Waals surface area contributed by atoms with Crippen molar-refractivity contribution in [3.63, 3.8) is 0 Å². The summed E-state index contributed by atoms with van der Waals surface area (Å²) in [6.45, 7) is 8.75. The maximum absolute atomic E-state index is 5.24. The van der Waals surface area contributed by atoms with Crippen LogP contribution in [0.4, 0.5) is 0 Å². The van der Waals surface area contributed by atoms with Gasteiger partial charge in [0.15, 0.2) is 5.96 Å². The van der Waals surface area contributed by atoms with Gasteiger partial charge in [0.1, 0.15) is 17.4 Å². The van der Waals surface area contributed by atoms with Gasteiger partial charge >= 0.3 is 0 Å². The fourth-order valence-corrected chi connectivity index (χ4v) is 3.53. The number of guanidine groups is 1. The molecule has 2 aromatic rings. The molecule has 0 amide bonds. The van der Waals surface area contributed by atoms with Crippen LogP contribution in [0.15, 0.2) is 29.3 Å². The summed E-state index contributed by atoms with van der Waals surface area (Å²) in [4.78, 5) is 9.27. The third-order valence-electron chi connectivity index (χ3n) is 5.17. The predicted octanol–water partition coefficient (Wildman–Crippen LogP) is 2.66. The molecule has 1 aromatic carbocycles. The Balaban J connectivity index is 1.53. The highest BCUT2D eigenvalue weighted by molar-refractivity contribution is 5.80. The summed E-state index contributed by atoms with van der Waals surface area (Å²) in [6.07, 6.45) is 3.00. The first kappa shape index (κ1) is 20.2. The van der Waals surface area contributed by atoms with Gasteiger partial charge in [-0.05, 0) is 50.3 Å². The Morgan fingerprint density at radius 3 is 2.86 bits per heavy atom. The van der Waals surface area contributed by atoms with Gasteiger partial charge in [0, 0.05) is 25.6 Å². The molecule has 7 heteroatoms. The highest BCUT2D eigenvalue weighted by Gasteiger charge is 2.21. The molecule has 3 rings (SSSR count). The summed E-state index contributed by atoms with van der Waals surface area (Å²) in [6, 6.07) is 8.63. The lowest BCUT2D eigenvalue weighted by Crippen LogP contribution is -2.47. The largest absolute Gasteiger partial charge is 0.497 e. The molecule has 28 heavy (non-hydrogen) atoms. The minimum atomic E-state index is 0.324. The van der Waals surface area contributed by atoms with Gasteiger partial charge in [-0.15, -0.1) is 0 Å². The predicted molar refractivity (Wildman–Crippen MR) is 112 cm³/mol. The SMILES string of the molecule is CCNC(=NCCC(C)c1ccc(OC)cc1)NC1CCc2nc(C)nn2C1. The number of aromatic nitrogens is 3. The second kappa shape index (κ2) is 9.57. The van der Waals surface area contributed by atoms with Crippen LogP contribution in [0, 0.1) is 6.92 Å². The Kier molecular flexibility index (Phi) is 6.90. The monoisotopic (exact) mass is 384 g/mol. The molecule has 1 aliphatic rings. The number of fused-ring (bicyclic) bond motifs is 1. The van der Waals surface area contributed by atoms with Crippen molar-refractivity contribution in [3.05, 3.63) is 41.5 Å². The topological polar surface area (TPSA) is 76.4 Å². The lowest BCUT2D eigenvalue weighted by molar-refractivity contribution is 0.392. The molecule has 1 aromatic heterocycles. The quantitative estimate of drug-likeness (QED) is 0.567. The van der Waals surface area contributed by atoms with E-state index in [1.54, 1.807) is 7.11 Å². The van der Waals surface area contributed by atoms with Crippen molar-refractivity contribution >= 4 is 5.96 Å². The number of ether oxygens (including phenoxy) is 1. The molecule has 0 radical (unpaired) electrons. The molecule has 2 N–H and O–H groups in total. The fraction of sp³-hybridized carbons (Fsp3) is 0.571. The molecule has 2 unspecified atom stereocenters. The summed E-state index contributed by atoms with van der Waals surface area (Å²) in [7, 11) is 1.69. The van der Waals surface area contributed by atoms with E-state index >= 15 is 0 Å². The summed E-state index contributed by atoms with van der Waals surface area (Å²) in [5.41, 5.74) is 1.32. The molecule has 0 fully saturated rings. The number of aliphatic imine (C=N–C) groups is 1. The second-order valence-electron chi connectivity index (χ2n) is 7.36. The maximum atomic E-state index is 5.24. The Bertz CT molecular complexity index is 783. The van der Waals surface area contributed by atoms with Crippen LogP contribution in [0.3, 0.4) is 0 Å². The Morgan fingerprint density at radius 2 is 2.14 bits per heavy atom. The first-order valence-corrected chi connectivity index (χ1v) is 10.2. The van der Waals surface area contributed by atoms with Gasteiger partial charge < -0.3 is 15.4 Å². The maximum Gasteiger partial charge on any atom is 0.191 e. The summed E-state index contributed by atoms with van der Waals surface area (Å²) in [5, 5.41) is 11.4. The van der Waals surface area contributed by atoms with Crippen LogP contribution < -0.4 is 15.4 Å². The third kappa shape index (κ3) is 5.24. The van der Waals surface area contributed by atoms with E-state index in [2.05, 4.69) is 46.7 Å². The van der Waals surface area contributed by atoms with Crippen LogP contribution in [0.1, 0.15) is 49.8 Å². The van der Waals surface area contributed by atoms with E-state index in [1.807, 2.05) is 23.7 Å². The van der Waals surface area contributed by atoms with Crippen molar-refractivity contribution in [2.75, 3.05) is 20.2 Å². The zero-order valence-corrected chi connectivity index (χ0v) is 17.4. The Morgan fingerprint density at radius 1 is 1.36 bits per heavy atom. The van der Waals surface area contributed by atoms with Crippen molar-refractivity contribution in [3.8, 4) is 5.75 Å². The van der Waals surface area contributed by atoms with Gasteiger partial charge in [0.2, 0.25) is 0 Å². The normalized spacial score (nSPS) is 17.7. The molecule has 152 valence electrons. The van der Waals surface area contributed by atoms with Gasteiger partial charge in [-0.2, -0.15) is 5.10 Å². The molecule has 0 spiro atoms.